The molecule has 0 unspecified atom stereocenters. The van der Waals surface area contributed by atoms with E-state index in [1.807, 2.05) is 6.92 Å². The van der Waals surface area contributed by atoms with Gasteiger partial charge in [0.2, 0.25) is 0 Å². The lowest BCUT2D eigenvalue weighted by Crippen LogP contribution is -1.97. The van der Waals surface area contributed by atoms with Crippen LogP contribution in [0.5, 0.6) is 5.75 Å². The standard InChI is InChI=1S/C9H10Cl2O3S/c1-2-5-14-7-3-4-8(10)9(6-7)15(11,12)13/h3-4,6H,2,5H2,1H3. The number of ether oxygens (including phenoxy) is 1. The van der Waals surface area contributed by atoms with E-state index in [9.17, 15) is 8.42 Å². The molecule has 0 aromatic heterocycles. The van der Waals surface area contributed by atoms with Gasteiger partial charge in [-0.2, -0.15) is 0 Å². The fourth-order valence-corrected chi connectivity index (χ4v) is 2.46. The largest absolute Gasteiger partial charge is 0.494 e. The van der Waals surface area contributed by atoms with E-state index in [1.165, 1.54) is 12.1 Å². The summed E-state index contributed by atoms with van der Waals surface area (Å²) in [5.74, 6) is 0.445. The van der Waals surface area contributed by atoms with Gasteiger partial charge in [-0.15, -0.1) is 0 Å². The maximum atomic E-state index is 11.1. The molecule has 0 N–H and O–H groups in total. The van der Waals surface area contributed by atoms with Crippen LogP contribution < -0.4 is 4.74 Å². The normalized spacial score (nSPS) is 11.4. The quantitative estimate of drug-likeness (QED) is 0.789. The van der Waals surface area contributed by atoms with Gasteiger partial charge in [0.1, 0.15) is 10.6 Å². The summed E-state index contributed by atoms with van der Waals surface area (Å²) >= 11 is 5.70. The van der Waals surface area contributed by atoms with Crippen molar-refractivity contribution in [1.29, 1.82) is 0 Å². The first kappa shape index (κ1) is 12.6. The zero-order valence-corrected chi connectivity index (χ0v) is 10.4. The van der Waals surface area contributed by atoms with Gasteiger partial charge in [-0.25, -0.2) is 8.42 Å². The highest BCUT2D eigenvalue weighted by atomic mass is 35.7. The summed E-state index contributed by atoms with van der Waals surface area (Å²) in [4.78, 5) is -0.126. The van der Waals surface area contributed by atoms with Crippen LogP contribution in [0.25, 0.3) is 0 Å². The average molecular weight is 269 g/mol. The number of benzene rings is 1. The maximum absolute atomic E-state index is 11.1. The molecule has 84 valence electrons. The molecular formula is C9H10Cl2O3S. The SMILES string of the molecule is CCCOc1ccc(Cl)c(S(=O)(=O)Cl)c1. The molecule has 0 saturated carbocycles. The van der Waals surface area contributed by atoms with Gasteiger partial charge in [0.05, 0.1) is 11.6 Å². The van der Waals surface area contributed by atoms with E-state index in [0.717, 1.165) is 6.42 Å². The fourth-order valence-electron chi connectivity index (χ4n) is 0.980. The highest BCUT2D eigenvalue weighted by molar-refractivity contribution is 8.13. The summed E-state index contributed by atoms with van der Waals surface area (Å²) in [6.07, 6.45) is 0.839. The van der Waals surface area contributed by atoms with Gasteiger partial charge >= 0.3 is 0 Å². The second kappa shape index (κ2) is 5.05. The van der Waals surface area contributed by atoms with Crippen molar-refractivity contribution in [2.45, 2.75) is 18.2 Å². The van der Waals surface area contributed by atoms with Gasteiger partial charge in [0.25, 0.3) is 9.05 Å². The number of rotatable bonds is 4. The molecule has 0 bridgehead atoms. The van der Waals surface area contributed by atoms with E-state index in [0.29, 0.717) is 12.4 Å². The van der Waals surface area contributed by atoms with Crippen molar-refractivity contribution in [2.75, 3.05) is 6.61 Å². The van der Waals surface area contributed by atoms with Crippen LogP contribution in [0.15, 0.2) is 23.1 Å². The smallest absolute Gasteiger partial charge is 0.262 e. The van der Waals surface area contributed by atoms with Gasteiger partial charge in [-0.3, -0.25) is 0 Å². The molecule has 0 aliphatic carbocycles. The lowest BCUT2D eigenvalue weighted by atomic mass is 10.3. The Labute approximate surface area is 98.4 Å². The van der Waals surface area contributed by atoms with E-state index in [1.54, 1.807) is 6.07 Å². The average Bonchev–Trinajstić information content (AvgIpc) is 2.15. The number of hydrogen-bond donors (Lipinski definition) is 0. The van der Waals surface area contributed by atoms with Crippen LogP contribution >= 0.6 is 22.3 Å². The Hall–Kier alpha value is -0.450. The zero-order chi connectivity index (χ0) is 11.5. The molecule has 0 heterocycles. The molecule has 1 aromatic carbocycles. The summed E-state index contributed by atoms with van der Waals surface area (Å²) in [6.45, 7) is 2.47. The molecule has 0 aliphatic rings. The minimum absolute atomic E-state index is 0.0915. The van der Waals surface area contributed by atoms with E-state index in [2.05, 4.69) is 0 Å². The zero-order valence-electron chi connectivity index (χ0n) is 8.04. The van der Waals surface area contributed by atoms with Crippen LogP contribution in [0.4, 0.5) is 0 Å². The van der Waals surface area contributed by atoms with Gasteiger partial charge in [0.15, 0.2) is 0 Å². The summed E-state index contributed by atoms with van der Waals surface area (Å²) < 4.78 is 27.5. The minimum atomic E-state index is -3.82. The van der Waals surface area contributed by atoms with Crippen LogP contribution in [0.2, 0.25) is 5.02 Å². The van der Waals surface area contributed by atoms with Crippen molar-refractivity contribution in [3.05, 3.63) is 23.2 Å². The second-order valence-electron chi connectivity index (χ2n) is 2.88. The monoisotopic (exact) mass is 268 g/mol. The van der Waals surface area contributed by atoms with Crippen molar-refractivity contribution in [3.63, 3.8) is 0 Å². The lowest BCUT2D eigenvalue weighted by molar-refractivity contribution is 0.316. The number of halogens is 2. The van der Waals surface area contributed by atoms with Crippen LogP contribution in [-0.4, -0.2) is 15.0 Å². The molecule has 0 radical (unpaired) electrons. The first-order chi connectivity index (χ1) is 6.95. The molecule has 0 atom stereocenters. The molecule has 0 amide bonds. The van der Waals surface area contributed by atoms with Crippen molar-refractivity contribution in [2.24, 2.45) is 0 Å². The Morgan fingerprint density at radius 2 is 2.07 bits per heavy atom. The van der Waals surface area contributed by atoms with E-state index < -0.39 is 9.05 Å². The molecule has 0 saturated heterocycles. The molecule has 0 spiro atoms. The van der Waals surface area contributed by atoms with Crippen LogP contribution in [0.3, 0.4) is 0 Å². The van der Waals surface area contributed by atoms with Gasteiger partial charge in [-0.1, -0.05) is 18.5 Å². The Kier molecular flexibility index (Phi) is 4.25. The Balaban J connectivity index is 3.06. The second-order valence-corrected chi connectivity index (χ2v) is 5.82. The molecule has 15 heavy (non-hydrogen) atoms. The minimum Gasteiger partial charge on any atom is -0.494 e. The molecule has 3 nitrogen and oxygen atoms in total. The van der Waals surface area contributed by atoms with Crippen LogP contribution in [-0.2, 0) is 9.05 Å². The molecule has 6 heteroatoms. The third-order valence-electron chi connectivity index (χ3n) is 1.64. The number of hydrogen-bond acceptors (Lipinski definition) is 3. The highest BCUT2D eigenvalue weighted by Gasteiger charge is 2.15. The Bertz CT molecular complexity index is 443. The Morgan fingerprint density at radius 1 is 1.40 bits per heavy atom. The van der Waals surface area contributed by atoms with Crippen LogP contribution in [0.1, 0.15) is 13.3 Å². The maximum Gasteiger partial charge on any atom is 0.262 e. The molecule has 0 aliphatic heterocycles. The van der Waals surface area contributed by atoms with Crippen molar-refractivity contribution < 1.29 is 13.2 Å². The van der Waals surface area contributed by atoms with Gasteiger partial charge < -0.3 is 4.74 Å². The molecule has 1 aromatic rings. The summed E-state index contributed by atoms with van der Waals surface area (Å²) in [6, 6.07) is 4.37. The summed E-state index contributed by atoms with van der Waals surface area (Å²) in [5.41, 5.74) is 0. The highest BCUT2D eigenvalue weighted by Crippen LogP contribution is 2.28. The van der Waals surface area contributed by atoms with E-state index >= 15 is 0 Å². The first-order valence-electron chi connectivity index (χ1n) is 4.32. The van der Waals surface area contributed by atoms with E-state index in [4.69, 9.17) is 27.0 Å². The Morgan fingerprint density at radius 3 is 2.60 bits per heavy atom. The third kappa shape index (κ3) is 3.55. The van der Waals surface area contributed by atoms with Gasteiger partial charge in [-0.05, 0) is 18.6 Å². The van der Waals surface area contributed by atoms with Gasteiger partial charge in [0, 0.05) is 16.7 Å². The topological polar surface area (TPSA) is 43.4 Å². The molecule has 0 fully saturated rings. The molecular weight excluding hydrogens is 259 g/mol. The van der Waals surface area contributed by atoms with Crippen molar-refractivity contribution in [3.8, 4) is 5.75 Å². The van der Waals surface area contributed by atoms with Crippen molar-refractivity contribution >= 4 is 31.3 Å². The fraction of sp³-hybridized carbons (Fsp3) is 0.333. The van der Waals surface area contributed by atoms with Crippen molar-refractivity contribution in [1.82, 2.24) is 0 Å². The predicted molar refractivity (Wildman–Crippen MR) is 60.3 cm³/mol. The lowest BCUT2D eigenvalue weighted by Gasteiger charge is -2.06. The molecule has 1 rings (SSSR count). The first-order valence-corrected chi connectivity index (χ1v) is 7.01. The third-order valence-corrected chi connectivity index (χ3v) is 3.44. The summed E-state index contributed by atoms with van der Waals surface area (Å²) in [5, 5.41) is 0.0915. The summed E-state index contributed by atoms with van der Waals surface area (Å²) in [7, 11) is 1.38. The predicted octanol–water partition coefficient (Wildman–Crippen LogP) is 3.06. The van der Waals surface area contributed by atoms with Crippen LogP contribution in [0, 0.1) is 0 Å². The van der Waals surface area contributed by atoms with E-state index in [-0.39, 0.29) is 9.92 Å².